The molecule has 0 saturated carbocycles. The molecule has 204 valence electrons. The summed E-state index contributed by atoms with van der Waals surface area (Å²) in [7, 11) is 3.58. The zero-order chi connectivity index (χ0) is 26.8. The van der Waals surface area contributed by atoms with Crippen molar-refractivity contribution in [3.8, 4) is 5.75 Å². The van der Waals surface area contributed by atoms with E-state index in [9.17, 15) is 14.4 Å². The lowest BCUT2D eigenvalue weighted by Crippen LogP contribution is -2.53. The largest absolute Gasteiger partial charge is 0.490 e. The normalized spacial score (nSPS) is 23.9. The average molecular weight is 526 g/mol. The molecular weight excluding hydrogens is 490 g/mol. The highest BCUT2D eigenvalue weighted by Crippen LogP contribution is 2.33. The number of rotatable bonds is 5. The van der Waals surface area contributed by atoms with Crippen molar-refractivity contribution in [2.24, 2.45) is 13.0 Å². The Morgan fingerprint density at radius 1 is 1.11 bits per heavy atom. The maximum atomic E-state index is 13.5. The number of anilines is 2. The maximum Gasteiger partial charge on any atom is 0.257 e. The van der Waals surface area contributed by atoms with E-state index in [4.69, 9.17) is 14.2 Å². The molecule has 0 bridgehead atoms. The number of nitrogens with zero attached hydrogens (tertiary/aromatic N) is 3. The van der Waals surface area contributed by atoms with Crippen LogP contribution in [-0.2, 0) is 26.1 Å². The molecule has 38 heavy (non-hydrogen) atoms. The van der Waals surface area contributed by atoms with Crippen molar-refractivity contribution >= 4 is 29.1 Å². The molecule has 1 aromatic heterocycles. The van der Waals surface area contributed by atoms with E-state index in [1.54, 1.807) is 41.0 Å². The van der Waals surface area contributed by atoms with Crippen LogP contribution in [0.3, 0.4) is 0 Å². The van der Waals surface area contributed by atoms with Gasteiger partial charge in [-0.1, -0.05) is 0 Å². The molecule has 2 N–H and O–H groups in total. The number of hydrogen-bond donors (Lipinski definition) is 2. The Labute approximate surface area is 221 Å². The number of carbonyl (C=O) groups is 3. The Morgan fingerprint density at radius 2 is 1.89 bits per heavy atom. The van der Waals surface area contributed by atoms with Gasteiger partial charge in [-0.05, 0) is 50.8 Å². The molecule has 2 aromatic rings. The summed E-state index contributed by atoms with van der Waals surface area (Å²) in [6, 6.07) is 4.96. The molecule has 0 unspecified atom stereocenters. The van der Waals surface area contributed by atoms with Gasteiger partial charge in [-0.3, -0.25) is 19.1 Å². The van der Waals surface area contributed by atoms with Gasteiger partial charge in [0.2, 0.25) is 11.8 Å². The third-order valence-corrected chi connectivity index (χ3v) is 7.57. The number of likely N-dealkylation sites (N-methyl/N-ethyl adjacent to an activating group) is 1. The van der Waals surface area contributed by atoms with Gasteiger partial charge in [-0.2, -0.15) is 5.10 Å². The van der Waals surface area contributed by atoms with Crippen LogP contribution in [0.5, 0.6) is 5.75 Å². The Balaban J connectivity index is 1.23. The summed E-state index contributed by atoms with van der Waals surface area (Å²) in [4.78, 5) is 40.5. The fraction of sp³-hybridized carbons (Fsp3) is 0.556. The summed E-state index contributed by atoms with van der Waals surface area (Å²) in [5.74, 6) is -0.0377. The van der Waals surface area contributed by atoms with Crippen LogP contribution < -0.4 is 15.4 Å². The molecule has 2 saturated heterocycles. The highest BCUT2D eigenvalue weighted by Gasteiger charge is 2.39. The molecule has 11 heteroatoms. The molecule has 5 rings (SSSR count). The first-order chi connectivity index (χ1) is 18.3. The van der Waals surface area contributed by atoms with Gasteiger partial charge in [-0.25, -0.2) is 0 Å². The van der Waals surface area contributed by atoms with Crippen molar-refractivity contribution in [3.05, 3.63) is 35.7 Å². The van der Waals surface area contributed by atoms with Crippen LogP contribution in [0.4, 0.5) is 11.4 Å². The van der Waals surface area contributed by atoms with Gasteiger partial charge in [0.1, 0.15) is 18.5 Å². The molecule has 2 fully saturated rings. The lowest BCUT2D eigenvalue weighted by Gasteiger charge is -2.42. The van der Waals surface area contributed by atoms with Gasteiger partial charge in [-0.15, -0.1) is 0 Å². The zero-order valence-electron chi connectivity index (χ0n) is 22.1. The number of aryl methyl sites for hydroxylation is 2. The van der Waals surface area contributed by atoms with Crippen molar-refractivity contribution in [1.82, 2.24) is 14.7 Å². The molecule has 11 nitrogen and oxygen atoms in total. The van der Waals surface area contributed by atoms with Crippen LogP contribution in [0.15, 0.2) is 24.4 Å². The Morgan fingerprint density at radius 3 is 2.63 bits per heavy atom. The van der Waals surface area contributed by atoms with E-state index >= 15 is 0 Å². The number of ether oxygens (including phenoxy) is 3. The van der Waals surface area contributed by atoms with E-state index < -0.39 is 0 Å². The highest BCUT2D eigenvalue weighted by atomic mass is 16.5. The number of hydrogen-bond acceptors (Lipinski definition) is 7. The second kappa shape index (κ2) is 11.1. The number of amides is 3. The summed E-state index contributed by atoms with van der Waals surface area (Å²) in [5.41, 5.74) is 2.41. The molecule has 3 atom stereocenters. The van der Waals surface area contributed by atoms with Crippen molar-refractivity contribution in [3.63, 3.8) is 0 Å². The average Bonchev–Trinajstić information content (AvgIpc) is 3.22. The standard InChI is InChI=1S/C27H35N5O6/c1-16-21(14-31(2)30-16)29-25(33)13-19-5-6-22-24(38-19)15-37-23-7-4-18(12-20(23)27(35)32(22)3)28-26(34)17-8-10-36-11-9-17/h4,7,12,14,17,19,22,24H,5-6,8-11,13,15H2,1-3H3,(H,28,34)(H,29,33)/t19-,22-,24-/m0/s1. The summed E-state index contributed by atoms with van der Waals surface area (Å²) >= 11 is 0. The van der Waals surface area contributed by atoms with Gasteiger partial charge < -0.3 is 29.7 Å². The zero-order valence-corrected chi connectivity index (χ0v) is 22.1. The first kappa shape index (κ1) is 26.2. The molecule has 3 aliphatic rings. The number of fused-ring (bicyclic) bond motifs is 2. The minimum atomic E-state index is -0.364. The van der Waals surface area contributed by atoms with Gasteiger partial charge in [0.25, 0.3) is 5.91 Å². The van der Waals surface area contributed by atoms with E-state index in [0.29, 0.717) is 61.6 Å². The first-order valence-electron chi connectivity index (χ1n) is 13.2. The molecule has 0 spiro atoms. The minimum Gasteiger partial charge on any atom is -0.490 e. The predicted octanol–water partition coefficient (Wildman–Crippen LogP) is 2.50. The molecule has 3 amide bonds. The van der Waals surface area contributed by atoms with Crippen LogP contribution in [0, 0.1) is 12.8 Å². The molecule has 4 heterocycles. The molecule has 0 aliphatic carbocycles. The second-order valence-corrected chi connectivity index (χ2v) is 10.3. The van der Waals surface area contributed by atoms with E-state index in [1.807, 2.05) is 14.0 Å². The summed E-state index contributed by atoms with van der Waals surface area (Å²) in [6.07, 6.45) is 4.06. The van der Waals surface area contributed by atoms with Crippen molar-refractivity contribution < 1.29 is 28.6 Å². The molecule has 1 aromatic carbocycles. The van der Waals surface area contributed by atoms with E-state index in [1.165, 1.54) is 0 Å². The number of benzene rings is 1. The number of aromatic nitrogens is 2. The lowest BCUT2D eigenvalue weighted by molar-refractivity contribution is -0.130. The van der Waals surface area contributed by atoms with Crippen molar-refractivity contribution in [1.29, 1.82) is 0 Å². The smallest absolute Gasteiger partial charge is 0.257 e. The maximum absolute atomic E-state index is 13.5. The van der Waals surface area contributed by atoms with Gasteiger partial charge in [0.15, 0.2) is 0 Å². The molecule has 3 aliphatic heterocycles. The quantitative estimate of drug-likeness (QED) is 0.615. The van der Waals surface area contributed by atoms with E-state index in [0.717, 1.165) is 5.69 Å². The highest BCUT2D eigenvalue weighted by molar-refractivity contribution is 6.00. The first-order valence-corrected chi connectivity index (χ1v) is 13.2. The van der Waals surface area contributed by atoms with Crippen LogP contribution in [0.1, 0.15) is 48.2 Å². The summed E-state index contributed by atoms with van der Waals surface area (Å²) < 4.78 is 19.3. The minimum absolute atomic E-state index is 0.0599. The topological polar surface area (TPSA) is 124 Å². The molecular formula is C27H35N5O6. The third kappa shape index (κ3) is 5.68. The van der Waals surface area contributed by atoms with Gasteiger partial charge in [0, 0.05) is 45.1 Å². The van der Waals surface area contributed by atoms with Crippen LogP contribution in [0.2, 0.25) is 0 Å². The Hall–Kier alpha value is -3.44. The Bertz CT molecular complexity index is 1210. The predicted molar refractivity (Wildman–Crippen MR) is 139 cm³/mol. The van der Waals surface area contributed by atoms with E-state index in [2.05, 4.69) is 15.7 Å². The van der Waals surface area contributed by atoms with Crippen LogP contribution in [-0.4, -0.2) is 77.5 Å². The van der Waals surface area contributed by atoms with Gasteiger partial charge in [0.05, 0.1) is 35.5 Å². The lowest BCUT2D eigenvalue weighted by atomic mass is 9.94. The number of nitrogens with one attached hydrogen (secondary N) is 2. The second-order valence-electron chi connectivity index (χ2n) is 10.3. The van der Waals surface area contributed by atoms with Crippen LogP contribution in [0.25, 0.3) is 0 Å². The Kier molecular flexibility index (Phi) is 7.66. The third-order valence-electron chi connectivity index (χ3n) is 7.57. The fourth-order valence-corrected chi connectivity index (χ4v) is 5.44. The van der Waals surface area contributed by atoms with Crippen molar-refractivity contribution in [2.45, 2.75) is 57.3 Å². The van der Waals surface area contributed by atoms with Crippen molar-refractivity contribution in [2.75, 3.05) is 37.5 Å². The summed E-state index contributed by atoms with van der Waals surface area (Å²) in [5, 5.41) is 10.1. The fourth-order valence-electron chi connectivity index (χ4n) is 5.44. The monoisotopic (exact) mass is 525 g/mol. The van der Waals surface area contributed by atoms with Crippen LogP contribution >= 0.6 is 0 Å². The van der Waals surface area contributed by atoms with Gasteiger partial charge >= 0.3 is 0 Å². The SMILES string of the molecule is Cc1nn(C)cc1NC(=O)C[C@@H]1CC[C@H]2[C@H](COc3ccc(NC(=O)C4CCOCC4)cc3C(=O)N2C)O1. The molecule has 0 radical (unpaired) electrons. The number of carbonyl (C=O) groups excluding carboxylic acids is 3. The van der Waals surface area contributed by atoms with E-state index in [-0.39, 0.29) is 54.9 Å². The summed E-state index contributed by atoms with van der Waals surface area (Å²) in [6.45, 7) is 3.26.